The summed E-state index contributed by atoms with van der Waals surface area (Å²) in [6.07, 6.45) is 0. The maximum absolute atomic E-state index is 12.0. The van der Waals surface area contributed by atoms with Crippen molar-refractivity contribution in [1.29, 1.82) is 0 Å². The van der Waals surface area contributed by atoms with Crippen LogP contribution >= 0.6 is 11.6 Å². The summed E-state index contributed by atoms with van der Waals surface area (Å²) in [4.78, 5) is 28.3. The number of carbonyl (C=O) groups excluding carboxylic acids is 2. The third-order valence-electron chi connectivity index (χ3n) is 3.14. The molecule has 23 heavy (non-hydrogen) atoms. The Morgan fingerprint density at radius 2 is 1.48 bits per heavy atom. The number of esters is 2. The van der Waals surface area contributed by atoms with Gasteiger partial charge < -0.3 is 9.47 Å². The summed E-state index contributed by atoms with van der Waals surface area (Å²) in [5, 5.41) is -0.156. The lowest BCUT2D eigenvalue weighted by Crippen LogP contribution is -2.32. The molecule has 0 radical (unpaired) electrons. The molecule has 0 fully saturated rings. The lowest BCUT2D eigenvalue weighted by molar-refractivity contribution is -0.157. The number of ether oxygens (including phenoxy) is 2. The average Bonchev–Trinajstić information content (AvgIpc) is 2.43. The smallest absolute Gasteiger partial charge is 0.327 e. The van der Waals surface area contributed by atoms with Gasteiger partial charge in [-0.15, -0.1) is 0 Å². The van der Waals surface area contributed by atoms with E-state index in [1.807, 2.05) is 32.9 Å². The highest BCUT2D eigenvalue weighted by molar-refractivity contribution is 6.69. The van der Waals surface area contributed by atoms with Crippen molar-refractivity contribution in [3.63, 3.8) is 0 Å². The molecule has 0 saturated heterocycles. The maximum Gasteiger partial charge on any atom is 0.327 e. The van der Waals surface area contributed by atoms with Crippen LogP contribution in [0.25, 0.3) is 0 Å². The number of nitrogens with zero attached hydrogens (tertiary/aromatic N) is 1. The summed E-state index contributed by atoms with van der Waals surface area (Å²) in [6.45, 7) is 9.36. The molecule has 5 nitrogen and oxygen atoms in total. The molecule has 0 aliphatic rings. The highest BCUT2D eigenvalue weighted by Gasteiger charge is 2.34. The highest BCUT2D eigenvalue weighted by atomic mass is 35.5. The van der Waals surface area contributed by atoms with Gasteiger partial charge in [-0.1, -0.05) is 29.3 Å². The zero-order valence-electron chi connectivity index (χ0n) is 14.1. The van der Waals surface area contributed by atoms with Gasteiger partial charge in [0.25, 0.3) is 0 Å². The topological polar surface area (TPSA) is 65.0 Å². The van der Waals surface area contributed by atoms with Crippen molar-refractivity contribution in [3.8, 4) is 0 Å². The van der Waals surface area contributed by atoms with E-state index in [9.17, 15) is 9.59 Å². The van der Waals surface area contributed by atoms with Gasteiger partial charge in [-0.3, -0.25) is 9.59 Å². The Hall–Kier alpha value is -1.88. The molecule has 0 spiro atoms. The lowest BCUT2D eigenvalue weighted by Gasteiger charge is -2.14. The minimum atomic E-state index is -1.36. The third kappa shape index (κ3) is 5.06. The van der Waals surface area contributed by atoms with Crippen LogP contribution in [0.3, 0.4) is 0 Å². The van der Waals surface area contributed by atoms with Crippen molar-refractivity contribution >= 4 is 34.4 Å². The molecule has 1 rings (SSSR count). The number of hydrogen-bond donors (Lipinski definition) is 0. The van der Waals surface area contributed by atoms with Gasteiger partial charge in [0, 0.05) is 0 Å². The van der Waals surface area contributed by atoms with Crippen LogP contribution in [0, 0.1) is 26.7 Å². The molecule has 0 aliphatic heterocycles. The first-order chi connectivity index (χ1) is 10.8. The molecule has 0 N–H and O–H groups in total. The maximum atomic E-state index is 12.0. The second kappa shape index (κ2) is 8.67. The fraction of sp³-hybridized carbons (Fsp3) is 0.471. The van der Waals surface area contributed by atoms with Crippen LogP contribution in [0.4, 0.5) is 5.69 Å². The second-order valence-corrected chi connectivity index (χ2v) is 5.51. The van der Waals surface area contributed by atoms with Gasteiger partial charge in [-0.2, -0.15) is 0 Å². The van der Waals surface area contributed by atoms with E-state index in [0.717, 1.165) is 16.7 Å². The van der Waals surface area contributed by atoms with Gasteiger partial charge in [-0.25, -0.2) is 4.99 Å². The molecular weight excluding hydrogens is 318 g/mol. The Morgan fingerprint density at radius 3 is 1.87 bits per heavy atom. The molecule has 0 aromatic heterocycles. The van der Waals surface area contributed by atoms with Gasteiger partial charge >= 0.3 is 11.9 Å². The van der Waals surface area contributed by atoms with E-state index in [1.54, 1.807) is 13.8 Å². The number of hydrogen-bond acceptors (Lipinski definition) is 5. The zero-order chi connectivity index (χ0) is 17.6. The summed E-state index contributed by atoms with van der Waals surface area (Å²) in [6, 6.07) is 3.92. The minimum absolute atomic E-state index is 0.140. The van der Waals surface area contributed by atoms with E-state index in [2.05, 4.69) is 4.99 Å². The van der Waals surface area contributed by atoms with Crippen LogP contribution in [0.1, 0.15) is 30.5 Å². The first-order valence-electron chi connectivity index (χ1n) is 7.46. The zero-order valence-corrected chi connectivity index (χ0v) is 14.9. The van der Waals surface area contributed by atoms with Crippen molar-refractivity contribution in [3.05, 3.63) is 28.8 Å². The van der Waals surface area contributed by atoms with E-state index in [0.29, 0.717) is 5.69 Å². The van der Waals surface area contributed by atoms with Gasteiger partial charge in [-0.05, 0) is 45.7 Å². The predicted molar refractivity (Wildman–Crippen MR) is 90.4 cm³/mol. The molecule has 0 amide bonds. The second-order valence-electron chi connectivity index (χ2n) is 5.12. The van der Waals surface area contributed by atoms with E-state index < -0.39 is 17.9 Å². The highest BCUT2D eigenvalue weighted by Crippen LogP contribution is 2.27. The van der Waals surface area contributed by atoms with Gasteiger partial charge in [0.1, 0.15) is 5.17 Å². The fourth-order valence-corrected chi connectivity index (χ4v) is 2.52. The Bertz CT molecular complexity index is 584. The Balaban J connectivity index is 3.25. The predicted octanol–water partition coefficient (Wildman–Crippen LogP) is 3.62. The van der Waals surface area contributed by atoms with Crippen LogP contribution in [0.2, 0.25) is 0 Å². The van der Waals surface area contributed by atoms with Crippen molar-refractivity contribution in [2.24, 2.45) is 10.9 Å². The first kappa shape index (κ1) is 19.2. The summed E-state index contributed by atoms with van der Waals surface area (Å²) in [5.74, 6) is -2.89. The third-order valence-corrected chi connectivity index (χ3v) is 3.44. The SMILES string of the molecule is CCOC(=O)C(C(=O)OCC)C(Cl)=Nc1c(C)cc(C)cc1C. The number of aryl methyl sites for hydroxylation is 3. The summed E-state index contributed by atoms with van der Waals surface area (Å²) in [5.41, 5.74) is 3.56. The molecule has 0 heterocycles. The van der Waals surface area contributed by atoms with Crippen molar-refractivity contribution in [2.45, 2.75) is 34.6 Å². The van der Waals surface area contributed by atoms with Gasteiger partial charge in [0.2, 0.25) is 5.92 Å². The standard InChI is InChI=1S/C17H22ClNO4/c1-6-22-16(20)13(17(21)23-7-2)15(18)19-14-11(4)8-10(3)9-12(14)5/h8-9,13H,6-7H2,1-5H3. The minimum Gasteiger partial charge on any atom is -0.465 e. The van der Waals surface area contributed by atoms with E-state index >= 15 is 0 Å². The average molecular weight is 340 g/mol. The van der Waals surface area contributed by atoms with Crippen molar-refractivity contribution < 1.29 is 19.1 Å². The van der Waals surface area contributed by atoms with E-state index in [4.69, 9.17) is 21.1 Å². The number of benzene rings is 1. The molecule has 0 atom stereocenters. The molecule has 6 heteroatoms. The normalized spacial score (nSPS) is 11.5. The Labute approximate surface area is 141 Å². The quantitative estimate of drug-likeness (QED) is 0.451. The number of carbonyl (C=O) groups is 2. The number of halogens is 1. The summed E-state index contributed by atoms with van der Waals surface area (Å²) in [7, 11) is 0. The van der Waals surface area contributed by atoms with Gasteiger partial charge in [0.05, 0.1) is 18.9 Å². The molecule has 1 aromatic carbocycles. The lowest BCUT2D eigenvalue weighted by atomic mass is 10.1. The van der Waals surface area contributed by atoms with Gasteiger partial charge in [0.15, 0.2) is 0 Å². The van der Waals surface area contributed by atoms with E-state index in [1.165, 1.54) is 0 Å². The van der Waals surface area contributed by atoms with Crippen molar-refractivity contribution in [1.82, 2.24) is 0 Å². The molecule has 1 aromatic rings. The Morgan fingerprint density at radius 1 is 1.04 bits per heavy atom. The Kier molecular flexibility index (Phi) is 7.23. The number of aliphatic imine (C=N–C) groups is 1. The monoisotopic (exact) mass is 339 g/mol. The van der Waals surface area contributed by atoms with Crippen LogP contribution in [-0.4, -0.2) is 30.3 Å². The number of rotatable bonds is 6. The van der Waals surface area contributed by atoms with Crippen LogP contribution in [0.15, 0.2) is 17.1 Å². The molecule has 0 aliphatic carbocycles. The molecule has 0 bridgehead atoms. The summed E-state index contributed by atoms with van der Waals surface area (Å²) >= 11 is 6.17. The van der Waals surface area contributed by atoms with Crippen LogP contribution in [0.5, 0.6) is 0 Å². The molecule has 0 unspecified atom stereocenters. The fourth-order valence-electron chi connectivity index (χ4n) is 2.26. The van der Waals surface area contributed by atoms with Crippen LogP contribution < -0.4 is 0 Å². The first-order valence-corrected chi connectivity index (χ1v) is 7.84. The van der Waals surface area contributed by atoms with Crippen LogP contribution in [-0.2, 0) is 19.1 Å². The summed E-state index contributed by atoms with van der Waals surface area (Å²) < 4.78 is 9.81. The largest absolute Gasteiger partial charge is 0.465 e. The molecule has 126 valence electrons. The van der Waals surface area contributed by atoms with E-state index in [-0.39, 0.29) is 18.4 Å². The molecular formula is C17H22ClNO4. The van der Waals surface area contributed by atoms with Crippen molar-refractivity contribution in [2.75, 3.05) is 13.2 Å². The molecule has 0 saturated carbocycles.